The van der Waals surface area contributed by atoms with Crippen molar-refractivity contribution in [2.24, 2.45) is 5.92 Å². The van der Waals surface area contributed by atoms with Crippen molar-refractivity contribution < 1.29 is 9.53 Å². The zero-order valence-electron chi connectivity index (χ0n) is 14.8. The van der Waals surface area contributed by atoms with Crippen LogP contribution in [0.15, 0.2) is 24.3 Å². The molecule has 4 heteroatoms. The summed E-state index contributed by atoms with van der Waals surface area (Å²) >= 11 is 0. The summed E-state index contributed by atoms with van der Waals surface area (Å²) in [4.78, 5) is 14.7. The van der Waals surface area contributed by atoms with Gasteiger partial charge in [-0.05, 0) is 70.6 Å². The Balaban J connectivity index is 1.48. The summed E-state index contributed by atoms with van der Waals surface area (Å²) in [6, 6.07) is 7.99. The van der Waals surface area contributed by atoms with Crippen LogP contribution in [0.4, 0.5) is 0 Å². The molecule has 1 N–H and O–H groups in total. The molecule has 1 aliphatic carbocycles. The molecule has 132 valence electrons. The normalized spacial score (nSPS) is 20.2. The first-order valence-corrected chi connectivity index (χ1v) is 9.40. The molecule has 1 aliphatic heterocycles. The second-order valence-electron chi connectivity index (χ2n) is 7.36. The van der Waals surface area contributed by atoms with Crippen LogP contribution in [-0.2, 0) is 11.2 Å². The maximum absolute atomic E-state index is 12.3. The van der Waals surface area contributed by atoms with Gasteiger partial charge in [-0.3, -0.25) is 4.79 Å². The predicted molar refractivity (Wildman–Crippen MR) is 96.3 cm³/mol. The summed E-state index contributed by atoms with van der Waals surface area (Å²) in [6.45, 7) is 3.08. The van der Waals surface area contributed by atoms with E-state index >= 15 is 0 Å². The minimum absolute atomic E-state index is 0.108. The average Bonchev–Trinajstić information content (AvgIpc) is 3.09. The smallest absolute Gasteiger partial charge is 0.224 e. The SMILES string of the molecule is CN1CCC(CNC(=O)Cc2ccccc2OC2CCCC2)CC1. The Morgan fingerprint density at radius 3 is 2.62 bits per heavy atom. The summed E-state index contributed by atoms with van der Waals surface area (Å²) < 4.78 is 6.13. The van der Waals surface area contributed by atoms with Crippen molar-refractivity contribution in [2.45, 2.75) is 51.0 Å². The summed E-state index contributed by atoms with van der Waals surface area (Å²) in [5.74, 6) is 1.62. The fourth-order valence-corrected chi connectivity index (χ4v) is 3.71. The molecule has 1 aromatic rings. The molecule has 2 fully saturated rings. The van der Waals surface area contributed by atoms with Gasteiger partial charge < -0.3 is 15.0 Å². The van der Waals surface area contributed by atoms with E-state index in [-0.39, 0.29) is 5.91 Å². The number of nitrogens with one attached hydrogen (secondary N) is 1. The zero-order chi connectivity index (χ0) is 16.8. The van der Waals surface area contributed by atoms with Crippen LogP contribution in [0.2, 0.25) is 0 Å². The second-order valence-corrected chi connectivity index (χ2v) is 7.36. The number of hydrogen-bond donors (Lipinski definition) is 1. The monoisotopic (exact) mass is 330 g/mol. The molecule has 1 aromatic carbocycles. The lowest BCUT2D eigenvalue weighted by molar-refractivity contribution is -0.120. The van der Waals surface area contributed by atoms with E-state index in [4.69, 9.17) is 4.74 Å². The van der Waals surface area contributed by atoms with Crippen molar-refractivity contribution in [3.63, 3.8) is 0 Å². The lowest BCUT2D eigenvalue weighted by Gasteiger charge is -2.29. The summed E-state index contributed by atoms with van der Waals surface area (Å²) in [5.41, 5.74) is 1.00. The van der Waals surface area contributed by atoms with Gasteiger partial charge >= 0.3 is 0 Å². The van der Waals surface area contributed by atoms with Crippen molar-refractivity contribution in [2.75, 3.05) is 26.7 Å². The number of hydrogen-bond acceptors (Lipinski definition) is 3. The van der Waals surface area contributed by atoms with E-state index in [2.05, 4.69) is 17.3 Å². The molecule has 2 aliphatic rings. The van der Waals surface area contributed by atoms with Crippen molar-refractivity contribution in [1.82, 2.24) is 10.2 Å². The van der Waals surface area contributed by atoms with Crippen LogP contribution in [0.5, 0.6) is 5.75 Å². The van der Waals surface area contributed by atoms with Crippen LogP contribution in [0.1, 0.15) is 44.1 Å². The highest BCUT2D eigenvalue weighted by Crippen LogP contribution is 2.27. The fourth-order valence-electron chi connectivity index (χ4n) is 3.71. The first-order valence-electron chi connectivity index (χ1n) is 9.40. The lowest BCUT2D eigenvalue weighted by Crippen LogP contribution is -2.37. The molecule has 3 rings (SSSR count). The third-order valence-electron chi connectivity index (χ3n) is 5.35. The Morgan fingerprint density at radius 2 is 1.88 bits per heavy atom. The van der Waals surface area contributed by atoms with E-state index < -0.39 is 0 Å². The molecule has 0 spiro atoms. The first kappa shape index (κ1) is 17.3. The molecule has 1 heterocycles. The van der Waals surface area contributed by atoms with Crippen LogP contribution >= 0.6 is 0 Å². The standard InChI is InChI=1S/C20H30N2O2/c1-22-12-10-16(11-13-22)15-21-20(23)14-17-6-2-5-9-19(17)24-18-7-3-4-8-18/h2,5-6,9,16,18H,3-4,7-8,10-15H2,1H3,(H,21,23). The average molecular weight is 330 g/mol. The van der Waals surface area contributed by atoms with Gasteiger partial charge in [0, 0.05) is 12.1 Å². The van der Waals surface area contributed by atoms with Gasteiger partial charge in [0.05, 0.1) is 12.5 Å². The molecule has 1 amide bonds. The number of ether oxygens (including phenoxy) is 1. The van der Waals surface area contributed by atoms with Crippen LogP contribution in [-0.4, -0.2) is 43.6 Å². The molecular weight excluding hydrogens is 300 g/mol. The van der Waals surface area contributed by atoms with Crippen molar-refractivity contribution in [3.05, 3.63) is 29.8 Å². The molecule has 1 saturated heterocycles. The van der Waals surface area contributed by atoms with Gasteiger partial charge in [-0.2, -0.15) is 0 Å². The van der Waals surface area contributed by atoms with Crippen molar-refractivity contribution in [1.29, 1.82) is 0 Å². The topological polar surface area (TPSA) is 41.6 Å². The highest BCUT2D eigenvalue weighted by molar-refractivity contribution is 5.79. The van der Waals surface area contributed by atoms with Gasteiger partial charge in [-0.25, -0.2) is 0 Å². The molecular formula is C20H30N2O2. The van der Waals surface area contributed by atoms with Crippen molar-refractivity contribution >= 4 is 5.91 Å². The summed E-state index contributed by atoms with van der Waals surface area (Å²) in [6.07, 6.45) is 7.88. The number of likely N-dealkylation sites (tertiary alicyclic amines) is 1. The zero-order valence-corrected chi connectivity index (χ0v) is 14.8. The Morgan fingerprint density at radius 1 is 1.17 bits per heavy atom. The maximum atomic E-state index is 12.3. The molecule has 0 radical (unpaired) electrons. The molecule has 1 saturated carbocycles. The highest BCUT2D eigenvalue weighted by atomic mass is 16.5. The summed E-state index contributed by atoms with van der Waals surface area (Å²) in [5, 5.41) is 3.12. The van der Waals surface area contributed by atoms with E-state index in [1.165, 1.54) is 25.7 Å². The van der Waals surface area contributed by atoms with E-state index in [1.807, 2.05) is 24.3 Å². The highest BCUT2D eigenvalue weighted by Gasteiger charge is 2.20. The number of carbonyl (C=O) groups excluding carboxylic acids is 1. The first-order chi connectivity index (χ1) is 11.7. The molecule has 0 unspecified atom stereocenters. The Bertz CT molecular complexity index is 532. The van der Waals surface area contributed by atoms with Crippen LogP contribution in [0, 0.1) is 5.92 Å². The minimum atomic E-state index is 0.108. The predicted octanol–water partition coefficient (Wildman–Crippen LogP) is 3.01. The Kier molecular flexibility index (Phi) is 6.13. The van der Waals surface area contributed by atoms with E-state index in [0.29, 0.717) is 18.4 Å². The minimum Gasteiger partial charge on any atom is -0.490 e. The van der Waals surface area contributed by atoms with Gasteiger partial charge in [0.1, 0.15) is 5.75 Å². The Labute approximate surface area is 145 Å². The number of nitrogens with zero attached hydrogens (tertiary/aromatic N) is 1. The lowest BCUT2D eigenvalue weighted by atomic mass is 9.97. The number of para-hydroxylation sites is 1. The van der Waals surface area contributed by atoms with E-state index in [9.17, 15) is 4.79 Å². The molecule has 0 aromatic heterocycles. The van der Waals surface area contributed by atoms with Gasteiger partial charge in [0.2, 0.25) is 5.91 Å². The van der Waals surface area contributed by atoms with Crippen LogP contribution < -0.4 is 10.1 Å². The number of amides is 1. The van der Waals surface area contributed by atoms with Gasteiger partial charge in [0.25, 0.3) is 0 Å². The van der Waals surface area contributed by atoms with Gasteiger partial charge in [0.15, 0.2) is 0 Å². The third kappa shape index (κ3) is 4.97. The van der Waals surface area contributed by atoms with E-state index in [0.717, 1.165) is 43.8 Å². The summed E-state index contributed by atoms with van der Waals surface area (Å²) in [7, 11) is 2.16. The number of piperidine rings is 1. The van der Waals surface area contributed by atoms with Crippen molar-refractivity contribution in [3.8, 4) is 5.75 Å². The molecule has 4 nitrogen and oxygen atoms in total. The van der Waals surface area contributed by atoms with Gasteiger partial charge in [-0.15, -0.1) is 0 Å². The quantitative estimate of drug-likeness (QED) is 0.872. The second kappa shape index (κ2) is 8.52. The number of rotatable bonds is 6. The fraction of sp³-hybridized carbons (Fsp3) is 0.650. The number of benzene rings is 1. The maximum Gasteiger partial charge on any atom is 0.224 e. The number of carbonyl (C=O) groups is 1. The van der Waals surface area contributed by atoms with Gasteiger partial charge in [-0.1, -0.05) is 18.2 Å². The van der Waals surface area contributed by atoms with Crippen LogP contribution in [0.25, 0.3) is 0 Å². The molecule has 24 heavy (non-hydrogen) atoms. The molecule has 0 atom stereocenters. The van der Waals surface area contributed by atoms with E-state index in [1.54, 1.807) is 0 Å². The largest absolute Gasteiger partial charge is 0.490 e. The third-order valence-corrected chi connectivity index (χ3v) is 5.35. The van der Waals surface area contributed by atoms with Crippen LogP contribution in [0.3, 0.4) is 0 Å². The molecule has 0 bridgehead atoms. The Hall–Kier alpha value is -1.55.